The van der Waals surface area contributed by atoms with Gasteiger partial charge in [0.05, 0.1) is 0 Å². The Bertz CT molecular complexity index is 374. The van der Waals surface area contributed by atoms with Crippen molar-refractivity contribution in [2.45, 2.75) is 39.2 Å². The first-order chi connectivity index (χ1) is 6.68. The molecule has 1 fully saturated rings. The largest absolute Gasteiger partial charge is 0.315 e. The summed E-state index contributed by atoms with van der Waals surface area (Å²) in [6.07, 6.45) is 4.49. The average molecular weight is 191 g/mol. The molecule has 0 spiro atoms. The summed E-state index contributed by atoms with van der Waals surface area (Å²) in [5.41, 5.74) is 1.14. The van der Waals surface area contributed by atoms with Crippen LogP contribution in [0.15, 0.2) is 23.1 Å². The molecule has 0 aliphatic heterocycles. The van der Waals surface area contributed by atoms with Gasteiger partial charge in [0.2, 0.25) is 0 Å². The number of rotatable bonds is 3. The SMILES string of the molecule is CC(C)c1cccn(CC2CC2)c1=O. The first-order valence-electron chi connectivity index (χ1n) is 5.38. The van der Waals surface area contributed by atoms with E-state index in [9.17, 15) is 4.79 Å². The van der Waals surface area contributed by atoms with Gasteiger partial charge in [-0.25, -0.2) is 0 Å². The second-order valence-electron chi connectivity index (χ2n) is 4.52. The van der Waals surface area contributed by atoms with Gasteiger partial charge in [-0.3, -0.25) is 4.79 Å². The van der Waals surface area contributed by atoms with Gasteiger partial charge in [-0.05, 0) is 30.7 Å². The number of hydrogen-bond acceptors (Lipinski definition) is 1. The zero-order valence-electron chi connectivity index (χ0n) is 8.86. The predicted molar refractivity (Wildman–Crippen MR) is 57.5 cm³/mol. The van der Waals surface area contributed by atoms with E-state index in [1.165, 1.54) is 12.8 Å². The van der Waals surface area contributed by atoms with Crippen LogP contribution in [-0.4, -0.2) is 4.57 Å². The lowest BCUT2D eigenvalue weighted by molar-refractivity contribution is 0.597. The van der Waals surface area contributed by atoms with Crippen molar-refractivity contribution in [3.8, 4) is 0 Å². The van der Waals surface area contributed by atoms with E-state index in [-0.39, 0.29) is 5.56 Å². The van der Waals surface area contributed by atoms with Gasteiger partial charge in [-0.15, -0.1) is 0 Å². The third-order valence-corrected chi connectivity index (χ3v) is 2.82. The highest BCUT2D eigenvalue weighted by Gasteiger charge is 2.22. The highest BCUT2D eigenvalue weighted by Crippen LogP contribution is 2.30. The van der Waals surface area contributed by atoms with Gasteiger partial charge in [0.25, 0.3) is 5.56 Å². The van der Waals surface area contributed by atoms with Crippen molar-refractivity contribution in [3.63, 3.8) is 0 Å². The monoisotopic (exact) mass is 191 g/mol. The molecule has 0 radical (unpaired) electrons. The predicted octanol–water partition coefficient (Wildman–Crippen LogP) is 2.38. The zero-order valence-corrected chi connectivity index (χ0v) is 8.86. The molecule has 0 unspecified atom stereocenters. The molecule has 1 aromatic heterocycles. The lowest BCUT2D eigenvalue weighted by Crippen LogP contribution is -2.24. The Morgan fingerprint density at radius 2 is 2.21 bits per heavy atom. The summed E-state index contributed by atoms with van der Waals surface area (Å²) in [5, 5.41) is 0. The first kappa shape index (κ1) is 9.50. The molecule has 1 aliphatic carbocycles. The Labute approximate surface area is 84.6 Å². The van der Waals surface area contributed by atoms with Gasteiger partial charge in [0.1, 0.15) is 0 Å². The van der Waals surface area contributed by atoms with Gasteiger partial charge in [-0.2, -0.15) is 0 Å². The summed E-state index contributed by atoms with van der Waals surface area (Å²) in [7, 11) is 0. The van der Waals surface area contributed by atoms with Crippen LogP contribution >= 0.6 is 0 Å². The molecule has 0 atom stereocenters. The summed E-state index contributed by atoms with van der Waals surface area (Å²) in [6, 6.07) is 3.93. The Balaban J connectivity index is 2.30. The molecular formula is C12H17NO. The van der Waals surface area contributed by atoms with Crippen LogP contribution in [0.3, 0.4) is 0 Å². The second-order valence-corrected chi connectivity index (χ2v) is 4.52. The van der Waals surface area contributed by atoms with Crippen molar-refractivity contribution in [3.05, 3.63) is 34.2 Å². The summed E-state index contributed by atoms with van der Waals surface area (Å²) < 4.78 is 1.87. The van der Waals surface area contributed by atoms with Crippen molar-refractivity contribution in [1.82, 2.24) is 4.57 Å². The lowest BCUT2D eigenvalue weighted by Gasteiger charge is -2.09. The molecule has 1 aliphatic rings. The molecule has 0 N–H and O–H groups in total. The fourth-order valence-electron chi connectivity index (χ4n) is 1.72. The molecule has 1 aromatic rings. The van der Waals surface area contributed by atoms with Gasteiger partial charge < -0.3 is 4.57 Å². The number of pyridine rings is 1. The molecule has 0 saturated heterocycles. The molecule has 2 heteroatoms. The van der Waals surface area contributed by atoms with Gasteiger partial charge in [-0.1, -0.05) is 19.9 Å². The van der Waals surface area contributed by atoms with Crippen molar-refractivity contribution in [2.75, 3.05) is 0 Å². The summed E-state index contributed by atoms with van der Waals surface area (Å²) in [6.45, 7) is 5.05. The maximum Gasteiger partial charge on any atom is 0.253 e. The topological polar surface area (TPSA) is 22.0 Å². The van der Waals surface area contributed by atoms with Crippen molar-refractivity contribution in [2.24, 2.45) is 5.92 Å². The molecule has 0 aromatic carbocycles. The van der Waals surface area contributed by atoms with Gasteiger partial charge in [0, 0.05) is 18.3 Å². The fraction of sp³-hybridized carbons (Fsp3) is 0.583. The minimum atomic E-state index is 0.203. The zero-order chi connectivity index (χ0) is 10.1. The highest BCUT2D eigenvalue weighted by atomic mass is 16.1. The standard InChI is InChI=1S/C12H17NO/c1-9(2)11-4-3-7-13(12(11)14)8-10-5-6-10/h3-4,7,9-10H,5-6,8H2,1-2H3. The molecule has 1 saturated carbocycles. The van der Waals surface area contributed by atoms with Crippen LogP contribution in [0.25, 0.3) is 0 Å². The Kier molecular flexibility index (Phi) is 2.44. The Morgan fingerprint density at radius 1 is 1.50 bits per heavy atom. The van der Waals surface area contributed by atoms with E-state index in [0.29, 0.717) is 5.92 Å². The van der Waals surface area contributed by atoms with Crippen LogP contribution < -0.4 is 5.56 Å². The van der Waals surface area contributed by atoms with E-state index in [2.05, 4.69) is 13.8 Å². The maximum atomic E-state index is 11.9. The smallest absolute Gasteiger partial charge is 0.253 e. The summed E-state index contributed by atoms with van der Waals surface area (Å²) in [5.74, 6) is 1.09. The average Bonchev–Trinajstić information content (AvgIpc) is 2.92. The molecule has 1 heterocycles. The molecule has 0 amide bonds. The van der Waals surface area contributed by atoms with E-state index in [0.717, 1.165) is 18.0 Å². The van der Waals surface area contributed by atoms with E-state index < -0.39 is 0 Å². The van der Waals surface area contributed by atoms with Gasteiger partial charge >= 0.3 is 0 Å². The van der Waals surface area contributed by atoms with Crippen LogP contribution in [-0.2, 0) is 6.54 Å². The lowest BCUT2D eigenvalue weighted by atomic mass is 10.1. The highest BCUT2D eigenvalue weighted by molar-refractivity contribution is 5.14. The molecule has 0 bridgehead atoms. The minimum Gasteiger partial charge on any atom is -0.315 e. The van der Waals surface area contributed by atoms with Crippen molar-refractivity contribution >= 4 is 0 Å². The summed E-state index contributed by atoms with van der Waals surface area (Å²) >= 11 is 0. The second kappa shape index (κ2) is 3.60. The summed E-state index contributed by atoms with van der Waals surface area (Å²) in [4.78, 5) is 11.9. The van der Waals surface area contributed by atoms with E-state index in [1.54, 1.807) is 0 Å². The number of aromatic nitrogens is 1. The van der Waals surface area contributed by atoms with E-state index in [4.69, 9.17) is 0 Å². The van der Waals surface area contributed by atoms with Crippen LogP contribution in [0.4, 0.5) is 0 Å². The molecule has 14 heavy (non-hydrogen) atoms. The maximum absolute atomic E-state index is 11.9. The van der Waals surface area contributed by atoms with Gasteiger partial charge in [0.15, 0.2) is 0 Å². The van der Waals surface area contributed by atoms with Crippen molar-refractivity contribution < 1.29 is 0 Å². The molecule has 2 rings (SSSR count). The molecular weight excluding hydrogens is 174 g/mol. The quantitative estimate of drug-likeness (QED) is 0.719. The van der Waals surface area contributed by atoms with E-state index in [1.807, 2.05) is 22.9 Å². The molecule has 2 nitrogen and oxygen atoms in total. The Hall–Kier alpha value is -1.05. The van der Waals surface area contributed by atoms with Crippen LogP contribution in [0.5, 0.6) is 0 Å². The normalized spacial score (nSPS) is 16.2. The molecule has 76 valence electrons. The Morgan fingerprint density at radius 3 is 2.79 bits per heavy atom. The van der Waals surface area contributed by atoms with Crippen LogP contribution in [0.1, 0.15) is 38.2 Å². The van der Waals surface area contributed by atoms with Crippen LogP contribution in [0, 0.1) is 5.92 Å². The van der Waals surface area contributed by atoms with Crippen LogP contribution in [0.2, 0.25) is 0 Å². The fourth-order valence-corrected chi connectivity index (χ4v) is 1.72. The van der Waals surface area contributed by atoms with Crippen molar-refractivity contribution in [1.29, 1.82) is 0 Å². The van der Waals surface area contributed by atoms with E-state index >= 15 is 0 Å². The minimum absolute atomic E-state index is 0.203. The number of hydrogen-bond donors (Lipinski definition) is 0. The first-order valence-corrected chi connectivity index (χ1v) is 5.38. The third-order valence-electron chi connectivity index (χ3n) is 2.82. The number of nitrogens with zero attached hydrogens (tertiary/aromatic N) is 1. The third kappa shape index (κ3) is 1.89.